The largest absolute Gasteiger partial charge is 0.707 e. The molecule has 0 bridgehead atoms. The summed E-state index contributed by atoms with van der Waals surface area (Å²) >= 11 is 0. The number of aromatic nitrogens is 1. The SMILES string of the molecule is CS(=O)(=O)O[O-].Cc1ccc2c(ccc(C)[n+]2C)c1. The predicted molar refractivity (Wildman–Crippen MR) is 70.5 cm³/mol. The molecule has 19 heavy (non-hydrogen) atoms. The Morgan fingerprint density at radius 2 is 1.74 bits per heavy atom. The summed E-state index contributed by atoms with van der Waals surface area (Å²) in [6, 6.07) is 10.9. The third-order valence-electron chi connectivity index (χ3n) is 2.70. The lowest BCUT2D eigenvalue weighted by Crippen LogP contribution is -2.32. The maximum Gasteiger partial charge on any atom is 0.255 e. The van der Waals surface area contributed by atoms with Crippen molar-refractivity contribution in [3.63, 3.8) is 0 Å². The van der Waals surface area contributed by atoms with Gasteiger partial charge in [-0.15, -0.1) is 0 Å². The van der Waals surface area contributed by atoms with Crippen molar-refractivity contribution in [3.8, 4) is 0 Å². The molecule has 0 aliphatic rings. The third-order valence-corrected chi connectivity index (χ3v) is 2.95. The Hall–Kier alpha value is -1.50. The molecule has 104 valence electrons. The van der Waals surface area contributed by atoms with E-state index in [1.807, 2.05) is 0 Å². The second kappa shape index (κ2) is 6.10. The topological polar surface area (TPSA) is 70.3 Å². The van der Waals surface area contributed by atoms with E-state index in [1.165, 1.54) is 22.2 Å². The second-order valence-electron chi connectivity index (χ2n) is 4.37. The molecule has 1 aromatic carbocycles. The first-order valence-corrected chi connectivity index (χ1v) is 7.43. The van der Waals surface area contributed by atoms with E-state index in [1.54, 1.807) is 0 Å². The van der Waals surface area contributed by atoms with Crippen LogP contribution in [0.15, 0.2) is 30.3 Å². The van der Waals surface area contributed by atoms with Gasteiger partial charge in [0.2, 0.25) is 5.52 Å². The van der Waals surface area contributed by atoms with E-state index in [-0.39, 0.29) is 0 Å². The lowest BCUT2D eigenvalue weighted by molar-refractivity contribution is -0.651. The molecule has 0 aliphatic heterocycles. The monoisotopic (exact) mass is 283 g/mol. The van der Waals surface area contributed by atoms with Crippen molar-refractivity contribution in [1.29, 1.82) is 0 Å². The molecule has 2 aromatic rings. The second-order valence-corrected chi connectivity index (χ2v) is 5.91. The molecule has 0 spiro atoms. The number of benzene rings is 1. The van der Waals surface area contributed by atoms with Gasteiger partial charge < -0.3 is 9.59 Å². The lowest BCUT2D eigenvalue weighted by Gasteiger charge is -2.00. The summed E-state index contributed by atoms with van der Waals surface area (Å²) in [5.74, 6) is 0. The molecule has 0 aliphatic carbocycles. The van der Waals surface area contributed by atoms with E-state index in [9.17, 15) is 8.42 Å². The molecule has 2 rings (SSSR count). The van der Waals surface area contributed by atoms with Crippen LogP contribution in [0.2, 0.25) is 0 Å². The van der Waals surface area contributed by atoms with E-state index >= 15 is 0 Å². The van der Waals surface area contributed by atoms with E-state index in [4.69, 9.17) is 5.26 Å². The maximum atomic E-state index is 9.47. The summed E-state index contributed by atoms with van der Waals surface area (Å²) in [7, 11) is -1.61. The van der Waals surface area contributed by atoms with Gasteiger partial charge in [-0.05, 0) is 19.1 Å². The zero-order chi connectivity index (χ0) is 14.6. The number of hydrogen-bond acceptors (Lipinski definition) is 4. The van der Waals surface area contributed by atoms with Gasteiger partial charge in [0.05, 0.1) is 6.26 Å². The van der Waals surface area contributed by atoms with E-state index in [2.05, 4.69) is 60.1 Å². The molecule has 0 amide bonds. The number of fused-ring (bicyclic) bond motifs is 1. The first-order chi connectivity index (χ1) is 8.74. The maximum absolute atomic E-state index is 9.47. The van der Waals surface area contributed by atoms with Crippen LogP contribution >= 0.6 is 0 Å². The van der Waals surface area contributed by atoms with Crippen LogP contribution < -0.4 is 9.82 Å². The Bertz CT molecular complexity index is 680. The van der Waals surface area contributed by atoms with Crippen molar-refractivity contribution >= 4 is 21.0 Å². The molecule has 0 unspecified atom stereocenters. The number of hydrogen-bond donors (Lipinski definition) is 0. The van der Waals surface area contributed by atoms with Crippen LogP contribution in [-0.2, 0) is 21.5 Å². The summed E-state index contributed by atoms with van der Waals surface area (Å²) < 4.78 is 23.8. The molecule has 5 nitrogen and oxygen atoms in total. The normalized spacial score (nSPS) is 11.0. The first kappa shape index (κ1) is 15.6. The molecule has 6 heteroatoms. The van der Waals surface area contributed by atoms with Gasteiger partial charge >= 0.3 is 0 Å². The quantitative estimate of drug-likeness (QED) is 0.434. The van der Waals surface area contributed by atoms with Crippen LogP contribution in [0.4, 0.5) is 0 Å². The Kier molecular flexibility index (Phi) is 4.99. The lowest BCUT2D eigenvalue weighted by atomic mass is 10.1. The average molecular weight is 283 g/mol. The van der Waals surface area contributed by atoms with Crippen molar-refractivity contribution in [3.05, 3.63) is 41.6 Å². The van der Waals surface area contributed by atoms with Gasteiger partial charge in [-0.1, -0.05) is 11.6 Å². The molecule has 0 saturated carbocycles. The fourth-order valence-electron chi connectivity index (χ4n) is 1.63. The summed E-state index contributed by atoms with van der Waals surface area (Å²) in [5, 5.41) is 10.2. The smallest absolute Gasteiger partial charge is 0.255 e. The van der Waals surface area contributed by atoms with Gasteiger partial charge in [-0.3, -0.25) is 0 Å². The highest BCUT2D eigenvalue weighted by atomic mass is 32.2. The Labute approximate surface area is 113 Å². The molecular formula is C13H17NO4S. The molecule has 0 saturated heterocycles. The zero-order valence-corrected chi connectivity index (χ0v) is 12.2. The molecule has 0 atom stereocenters. The van der Waals surface area contributed by atoms with Gasteiger partial charge in [0, 0.05) is 24.4 Å². The highest BCUT2D eigenvalue weighted by Crippen LogP contribution is 2.12. The Morgan fingerprint density at radius 3 is 2.26 bits per heavy atom. The first-order valence-electron chi connectivity index (χ1n) is 5.62. The summed E-state index contributed by atoms with van der Waals surface area (Å²) in [6.45, 7) is 4.25. The summed E-state index contributed by atoms with van der Waals surface area (Å²) in [5.41, 5.74) is 3.90. The van der Waals surface area contributed by atoms with Crippen LogP contribution in [0.3, 0.4) is 0 Å². The van der Waals surface area contributed by atoms with Crippen LogP contribution in [0.25, 0.3) is 10.9 Å². The summed E-state index contributed by atoms with van der Waals surface area (Å²) in [6.07, 6.45) is 0.681. The van der Waals surface area contributed by atoms with E-state index in [0.717, 1.165) is 0 Å². The molecular weight excluding hydrogens is 266 g/mol. The van der Waals surface area contributed by atoms with Crippen LogP contribution in [0, 0.1) is 13.8 Å². The van der Waals surface area contributed by atoms with Gasteiger partial charge in [-0.25, -0.2) is 8.42 Å². The van der Waals surface area contributed by atoms with Crippen LogP contribution in [0.5, 0.6) is 0 Å². The van der Waals surface area contributed by atoms with Crippen molar-refractivity contribution in [1.82, 2.24) is 0 Å². The van der Waals surface area contributed by atoms with Gasteiger partial charge in [0.1, 0.15) is 7.05 Å². The standard InChI is InChI=1S/C12H14N.CH4O4S/c1-9-4-7-12-11(8-9)6-5-10(2)13(12)3;1-6(3,4)5-2/h4-8H,1-3H3;2H,1H3/q+1;/p-1. The van der Waals surface area contributed by atoms with Crippen molar-refractivity contribution in [2.45, 2.75) is 13.8 Å². The zero-order valence-electron chi connectivity index (χ0n) is 11.4. The number of pyridine rings is 1. The summed E-state index contributed by atoms with van der Waals surface area (Å²) in [4.78, 5) is 0. The van der Waals surface area contributed by atoms with Crippen LogP contribution in [0.1, 0.15) is 11.3 Å². The van der Waals surface area contributed by atoms with Crippen LogP contribution in [-0.4, -0.2) is 14.7 Å². The minimum absolute atomic E-state index is 0.681. The number of aryl methyl sites for hydroxylation is 3. The molecule has 1 heterocycles. The van der Waals surface area contributed by atoms with Gasteiger partial charge in [0.15, 0.2) is 5.69 Å². The predicted octanol–water partition coefficient (Wildman–Crippen LogP) is 0.519. The van der Waals surface area contributed by atoms with Gasteiger partial charge in [-0.2, -0.15) is 4.57 Å². The van der Waals surface area contributed by atoms with Gasteiger partial charge in [0.25, 0.3) is 10.1 Å². The van der Waals surface area contributed by atoms with E-state index in [0.29, 0.717) is 6.26 Å². The Morgan fingerprint density at radius 1 is 1.16 bits per heavy atom. The molecule has 0 fully saturated rings. The van der Waals surface area contributed by atoms with Crippen molar-refractivity contribution < 1.29 is 22.6 Å². The Balaban J connectivity index is 0.000000258. The highest BCUT2D eigenvalue weighted by molar-refractivity contribution is 7.85. The fourth-order valence-corrected chi connectivity index (χ4v) is 1.63. The minimum Gasteiger partial charge on any atom is -0.707 e. The molecule has 0 radical (unpaired) electrons. The molecule has 0 N–H and O–H groups in total. The minimum atomic E-state index is -3.72. The molecule has 1 aromatic heterocycles. The highest BCUT2D eigenvalue weighted by Gasteiger charge is 2.06. The number of rotatable bonds is 1. The average Bonchev–Trinajstić information content (AvgIpc) is 2.34. The van der Waals surface area contributed by atoms with Crippen molar-refractivity contribution in [2.24, 2.45) is 7.05 Å². The number of nitrogens with zero attached hydrogens (tertiary/aromatic N) is 1. The van der Waals surface area contributed by atoms with E-state index < -0.39 is 10.1 Å². The third kappa shape index (κ3) is 4.59. The fraction of sp³-hybridized carbons (Fsp3) is 0.308. The van der Waals surface area contributed by atoms with Crippen molar-refractivity contribution in [2.75, 3.05) is 6.26 Å².